The van der Waals surface area contributed by atoms with Crippen molar-refractivity contribution in [3.8, 4) is 5.69 Å². The van der Waals surface area contributed by atoms with Crippen LogP contribution in [0.4, 0.5) is 0 Å². The van der Waals surface area contributed by atoms with Crippen LogP contribution in [0.5, 0.6) is 0 Å². The Balaban J connectivity index is 2.58. The van der Waals surface area contributed by atoms with Crippen molar-refractivity contribution < 1.29 is 14.3 Å². The molecule has 0 N–H and O–H groups in total. The average Bonchev–Trinajstić information content (AvgIpc) is 3.05. The molecule has 7 heteroatoms. The summed E-state index contributed by atoms with van der Waals surface area (Å²) < 4.78 is 6.54. The van der Waals surface area contributed by atoms with Gasteiger partial charge in [-0.3, -0.25) is 4.79 Å². The fourth-order valence-electron chi connectivity index (χ4n) is 2.37. The van der Waals surface area contributed by atoms with Gasteiger partial charge in [-0.25, -0.2) is 9.48 Å². The predicted molar refractivity (Wildman–Crippen MR) is 101 cm³/mol. The summed E-state index contributed by atoms with van der Waals surface area (Å²) in [5, 5.41) is 4.87. The third-order valence-electron chi connectivity index (χ3n) is 3.63. The molecule has 2 aromatic rings. The molecule has 6 nitrogen and oxygen atoms in total. The molecule has 0 saturated heterocycles. The number of carbonyl (C=O) groups excluding carboxylic acids is 2. The highest BCUT2D eigenvalue weighted by atomic mass is 35.5. The number of aromatic nitrogens is 2. The zero-order chi connectivity index (χ0) is 19.3. The van der Waals surface area contributed by atoms with Crippen molar-refractivity contribution in [2.45, 2.75) is 20.3 Å². The topological polar surface area (TPSA) is 64.4 Å². The lowest BCUT2D eigenvalue weighted by Gasteiger charge is -2.11. The number of benzene rings is 1. The van der Waals surface area contributed by atoms with Crippen molar-refractivity contribution in [3.63, 3.8) is 0 Å². The van der Waals surface area contributed by atoms with Gasteiger partial charge in [0.1, 0.15) is 5.69 Å². The summed E-state index contributed by atoms with van der Waals surface area (Å²) in [7, 11) is 3.62. The third kappa shape index (κ3) is 4.52. The maximum atomic E-state index is 12.4. The van der Waals surface area contributed by atoms with Gasteiger partial charge in [-0.2, -0.15) is 5.10 Å². The van der Waals surface area contributed by atoms with Crippen molar-refractivity contribution in [2.75, 3.05) is 20.7 Å². The molecule has 0 radical (unpaired) electrons. The number of ether oxygens (including phenoxy) is 1. The Hall–Kier alpha value is -2.60. The number of ketones is 1. The molecule has 0 saturated carbocycles. The van der Waals surface area contributed by atoms with Gasteiger partial charge in [0.2, 0.25) is 5.78 Å². The first kappa shape index (κ1) is 19.7. The van der Waals surface area contributed by atoms with Crippen LogP contribution in [-0.2, 0) is 11.2 Å². The minimum absolute atomic E-state index is 0.160. The first-order chi connectivity index (χ1) is 12.4. The van der Waals surface area contributed by atoms with E-state index in [1.165, 1.54) is 16.8 Å². The number of nitrogens with zero attached hydrogens (tertiary/aromatic N) is 3. The summed E-state index contributed by atoms with van der Waals surface area (Å²) in [5.41, 5.74) is 1.95. The first-order valence-electron chi connectivity index (χ1n) is 8.32. The van der Waals surface area contributed by atoms with E-state index in [1.807, 2.05) is 27.1 Å². The van der Waals surface area contributed by atoms with Gasteiger partial charge in [0.05, 0.1) is 12.3 Å². The van der Waals surface area contributed by atoms with Crippen molar-refractivity contribution in [3.05, 3.63) is 58.5 Å². The van der Waals surface area contributed by atoms with Crippen molar-refractivity contribution in [1.29, 1.82) is 0 Å². The number of rotatable bonds is 7. The minimum atomic E-state index is -0.544. The molecule has 0 fully saturated rings. The van der Waals surface area contributed by atoms with E-state index in [4.69, 9.17) is 16.3 Å². The van der Waals surface area contributed by atoms with Crippen LogP contribution >= 0.6 is 11.6 Å². The Morgan fingerprint density at radius 3 is 2.62 bits per heavy atom. The van der Waals surface area contributed by atoms with Gasteiger partial charge >= 0.3 is 5.97 Å². The summed E-state index contributed by atoms with van der Waals surface area (Å²) in [6.45, 7) is 3.94. The van der Waals surface area contributed by atoms with Crippen LogP contribution in [0, 0.1) is 0 Å². The molecule has 0 atom stereocenters. The van der Waals surface area contributed by atoms with Crippen LogP contribution in [0.1, 0.15) is 40.4 Å². The van der Waals surface area contributed by atoms with Crippen LogP contribution in [0.25, 0.3) is 5.69 Å². The average molecular weight is 376 g/mol. The molecule has 1 aromatic carbocycles. The highest BCUT2D eigenvalue weighted by Crippen LogP contribution is 2.23. The fourth-order valence-corrected chi connectivity index (χ4v) is 2.54. The van der Waals surface area contributed by atoms with E-state index in [-0.39, 0.29) is 23.8 Å². The molecule has 0 aliphatic carbocycles. The summed E-state index contributed by atoms with van der Waals surface area (Å²) in [6, 6.07) is 6.83. The molecule has 0 aliphatic rings. The van der Waals surface area contributed by atoms with E-state index in [1.54, 1.807) is 30.2 Å². The first-order valence-corrected chi connectivity index (χ1v) is 8.70. The zero-order valence-corrected chi connectivity index (χ0v) is 16.1. The summed E-state index contributed by atoms with van der Waals surface area (Å²) in [4.78, 5) is 26.5. The molecule has 0 bridgehead atoms. The van der Waals surface area contributed by atoms with Gasteiger partial charge in [-0.05, 0) is 31.0 Å². The van der Waals surface area contributed by atoms with Crippen LogP contribution in [0.2, 0.25) is 5.02 Å². The number of esters is 1. The number of allylic oxidation sites excluding steroid dienone is 1. The summed E-state index contributed by atoms with van der Waals surface area (Å²) in [6.07, 6.45) is 3.75. The zero-order valence-electron chi connectivity index (χ0n) is 15.3. The predicted octanol–water partition coefficient (Wildman–Crippen LogP) is 3.52. The monoisotopic (exact) mass is 375 g/mol. The Morgan fingerprint density at radius 1 is 1.27 bits per heavy atom. The molecule has 26 heavy (non-hydrogen) atoms. The van der Waals surface area contributed by atoms with E-state index in [0.717, 1.165) is 12.0 Å². The van der Waals surface area contributed by atoms with E-state index in [0.29, 0.717) is 10.7 Å². The Labute approximate surface area is 158 Å². The van der Waals surface area contributed by atoms with Crippen LogP contribution < -0.4 is 0 Å². The highest BCUT2D eigenvalue weighted by Gasteiger charge is 2.21. The van der Waals surface area contributed by atoms with Gasteiger partial charge in [-0.1, -0.05) is 24.6 Å². The van der Waals surface area contributed by atoms with Gasteiger partial charge in [0.25, 0.3) is 0 Å². The molecule has 1 aromatic heterocycles. The normalized spacial score (nSPS) is 11.0. The van der Waals surface area contributed by atoms with Crippen LogP contribution in [-0.4, -0.2) is 47.1 Å². The van der Waals surface area contributed by atoms with Crippen molar-refractivity contribution in [1.82, 2.24) is 14.7 Å². The molecule has 0 aliphatic heterocycles. The molecule has 0 amide bonds. The van der Waals surface area contributed by atoms with Crippen molar-refractivity contribution in [2.24, 2.45) is 0 Å². The van der Waals surface area contributed by atoms with Gasteiger partial charge < -0.3 is 9.64 Å². The van der Waals surface area contributed by atoms with Gasteiger partial charge in [0.15, 0.2) is 5.69 Å². The Bertz CT molecular complexity index is 841. The second-order valence-electron chi connectivity index (χ2n) is 5.82. The second-order valence-corrected chi connectivity index (χ2v) is 6.25. The summed E-state index contributed by atoms with van der Waals surface area (Å²) >= 11 is 6.13. The quantitative estimate of drug-likeness (QED) is 0.421. The molecule has 0 unspecified atom stereocenters. The molecule has 0 spiro atoms. The standard InChI is InChI=1S/C19H22ClN3O3/c1-5-13-7-8-14(20)11-16(13)23-17(19(25)26-6-2)12-15(21-23)18(24)9-10-22(3)4/h7-12H,5-6H2,1-4H3. The third-order valence-corrected chi connectivity index (χ3v) is 3.86. The molecule has 138 valence electrons. The van der Waals surface area contributed by atoms with E-state index in [9.17, 15) is 9.59 Å². The molecular weight excluding hydrogens is 354 g/mol. The fraction of sp³-hybridized carbons (Fsp3) is 0.316. The van der Waals surface area contributed by atoms with Crippen LogP contribution in [0.3, 0.4) is 0 Å². The Kier molecular flexibility index (Phi) is 6.58. The number of carbonyl (C=O) groups is 2. The van der Waals surface area contributed by atoms with Gasteiger partial charge in [0, 0.05) is 37.5 Å². The lowest BCUT2D eigenvalue weighted by Crippen LogP contribution is -2.13. The lowest BCUT2D eigenvalue weighted by atomic mass is 10.1. The number of aryl methyl sites for hydroxylation is 1. The molecular formula is C19H22ClN3O3. The summed E-state index contributed by atoms with van der Waals surface area (Å²) in [5.74, 6) is -0.847. The van der Waals surface area contributed by atoms with E-state index in [2.05, 4.69) is 5.10 Å². The smallest absolute Gasteiger partial charge is 0.357 e. The number of hydrogen-bond donors (Lipinski definition) is 0. The van der Waals surface area contributed by atoms with Gasteiger partial charge in [-0.15, -0.1) is 0 Å². The minimum Gasteiger partial charge on any atom is -0.461 e. The largest absolute Gasteiger partial charge is 0.461 e. The highest BCUT2D eigenvalue weighted by molar-refractivity contribution is 6.30. The maximum absolute atomic E-state index is 12.4. The molecule has 1 heterocycles. The maximum Gasteiger partial charge on any atom is 0.357 e. The Morgan fingerprint density at radius 2 is 2.00 bits per heavy atom. The van der Waals surface area contributed by atoms with E-state index < -0.39 is 5.97 Å². The number of halogens is 1. The molecule has 2 rings (SSSR count). The van der Waals surface area contributed by atoms with Crippen LogP contribution in [0.15, 0.2) is 36.5 Å². The van der Waals surface area contributed by atoms with Crippen molar-refractivity contribution >= 4 is 23.4 Å². The lowest BCUT2D eigenvalue weighted by molar-refractivity contribution is 0.0515. The second kappa shape index (κ2) is 8.67. The number of hydrogen-bond acceptors (Lipinski definition) is 5. The SMILES string of the molecule is CCOC(=O)c1cc(C(=O)C=CN(C)C)nn1-c1cc(Cl)ccc1CC. The van der Waals surface area contributed by atoms with E-state index >= 15 is 0 Å².